The van der Waals surface area contributed by atoms with E-state index in [4.69, 9.17) is 4.43 Å². The normalized spacial score (nSPS) is 13.7. The Morgan fingerprint density at radius 1 is 0.919 bits per heavy atom. The van der Waals surface area contributed by atoms with E-state index >= 15 is 8.78 Å². The summed E-state index contributed by atoms with van der Waals surface area (Å²) in [4.78, 5) is 3.12. The highest BCUT2D eigenvalue weighted by atomic mass is 28.4. The van der Waals surface area contributed by atoms with Crippen molar-refractivity contribution in [2.75, 3.05) is 13.2 Å². The van der Waals surface area contributed by atoms with Crippen LogP contribution in [0, 0.1) is 5.82 Å². The molecule has 1 heterocycles. The highest BCUT2D eigenvalue weighted by Crippen LogP contribution is 2.37. The number of hydrogen-bond donors (Lipinski definition) is 2. The number of H-pyrrole nitrogens is 1. The Bertz CT molecular complexity index is 1260. The van der Waals surface area contributed by atoms with E-state index in [0.717, 1.165) is 26.8 Å². The van der Waals surface area contributed by atoms with Crippen LogP contribution in [0.2, 0.25) is 5.04 Å². The molecule has 1 aromatic heterocycles. The Labute approximate surface area is 218 Å². The molecule has 0 spiro atoms. The van der Waals surface area contributed by atoms with Crippen molar-refractivity contribution in [3.8, 4) is 0 Å². The standard InChI is InChI=1S/C30H35F3N2OSi/c1-22(17-23-19-34-28-16-15-24(31)18-27(23)28)35-20-30(32,33)21-36-37(29(2,3)4,25-11-7-5-8-12-25)26-13-9-6-10-14-26/h5-16,18-19,22,34-35H,17,20-21H2,1-4H3. The minimum absolute atomic E-state index is 0.235. The first-order chi connectivity index (χ1) is 17.5. The lowest BCUT2D eigenvalue weighted by Gasteiger charge is -2.43. The quantitative estimate of drug-likeness (QED) is 0.248. The van der Waals surface area contributed by atoms with E-state index in [1.54, 1.807) is 6.07 Å². The summed E-state index contributed by atoms with van der Waals surface area (Å²) in [7, 11) is -3.05. The van der Waals surface area contributed by atoms with E-state index in [-0.39, 0.29) is 16.9 Å². The van der Waals surface area contributed by atoms with Gasteiger partial charge < -0.3 is 14.7 Å². The van der Waals surface area contributed by atoms with Gasteiger partial charge >= 0.3 is 0 Å². The number of rotatable bonds is 10. The van der Waals surface area contributed by atoms with Gasteiger partial charge in [0.25, 0.3) is 14.2 Å². The molecule has 196 valence electrons. The average molecular weight is 525 g/mol. The lowest BCUT2D eigenvalue weighted by atomic mass is 10.1. The molecule has 2 N–H and O–H groups in total. The summed E-state index contributed by atoms with van der Waals surface area (Å²) in [6.45, 7) is 6.88. The minimum Gasteiger partial charge on any atom is -0.401 e. The van der Waals surface area contributed by atoms with Crippen LogP contribution >= 0.6 is 0 Å². The van der Waals surface area contributed by atoms with Crippen molar-refractivity contribution in [3.63, 3.8) is 0 Å². The Kier molecular flexibility index (Phi) is 7.97. The molecule has 0 saturated carbocycles. The molecular formula is C30H35F3N2OSi. The summed E-state index contributed by atoms with van der Waals surface area (Å²) in [6.07, 6.45) is 2.31. The smallest absolute Gasteiger partial charge is 0.281 e. The number of halogens is 3. The van der Waals surface area contributed by atoms with Gasteiger partial charge in [-0.2, -0.15) is 0 Å². The Morgan fingerprint density at radius 2 is 1.51 bits per heavy atom. The van der Waals surface area contributed by atoms with Gasteiger partial charge in [0.2, 0.25) is 0 Å². The molecule has 0 amide bonds. The molecule has 0 radical (unpaired) electrons. The van der Waals surface area contributed by atoms with Crippen molar-refractivity contribution in [3.05, 3.63) is 96.4 Å². The summed E-state index contributed by atoms with van der Waals surface area (Å²) in [6, 6.07) is 23.9. The molecule has 4 aromatic rings. The van der Waals surface area contributed by atoms with Crippen molar-refractivity contribution in [2.45, 2.75) is 51.1 Å². The van der Waals surface area contributed by atoms with Crippen LogP contribution in [-0.4, -0.2) is 38.4 Å². The van der Waals surface area contributed by atoms with Gasteiger partial charge in [0, 0.05) is 23.1 Å². The lowest BCUT2D eigenvalue weighted by Crippen LogP contribution is -2.67. The topological polar surface area (TPSA) is 37.0 Å². The molecule has 1 unspecified atom stereocenters. The highest BCUT2D eigenvalue weighted by molar-refractivity contribution is 6.99. The van der Waals surface area contributed by atoms with Gasteiger partial charge in [0.15, 0.2) is 0 Å². The van der Waals surface area contributed by atoms with Crippen LogP contribution in [-0.2, 0) is 10.8 Å². The van der Waals surface area contributed by atoms with Crippen LogP contribution < -0.4 is 15.7 Å². The van der Waals surface area contributed by atoms with Gasteiger partial charge in [-0.3, -0.25) is 0 Å². The SMILES string of the molecule is CC(Cc1c[nH]c2ccc(F)cc12)NCC(F)(F)CO[Si](c1ccccc1)(c1ccccc1)C(C)(C)C. The molecule has 0 saturated heterocycles. The average Bonchev–Trinajstić information content (AvgIpc) is 3.25. The molecule has 0 aliphatic carbocycles. The van der Waals surface area contributed by atoms with E-state index in [1.165, 1.54) is 12.1 Å². The van der Waals surface area contributed by atoms with Crippen molar-refractivity contribution >= 4 is 29.6 Å². The monoisotopic (exact) mass is 524 g/mol. The molecule has 3 nitrogen and oxygen atoms in total. The van der Waals surface area contributed by atoms with Crippen LogP contribution in [0.1, 0.15) is 33.3 Å². The third-order valence-electron chi connectivity index (χ3n) is 6.88. The zero-order valence-corrected chi connectivity index (χ0v) is 22.8. The van der Waals surface area contributed by atoms with Gasteiger partial charge in [-0.15, -0.1) is 0 Å². The van der Waals surface area contributed by atoms with Crippen LogP contribution in [0.5, 0.6) is 0 Å². The molecule has 0 aliphatic rings. The summed E-state index contributed by atoms with van der Waals surface area (Å²) in [5.41, 5.74) is 1.72. The molecule has 0 bridgehead atoms. The number of benzene rings is 3. The zero-order chi connectivity index (χ0) is 26.7. The summed E-state index contributed by atoms with van der Waals surface area (Å²) < 4.78 is 50.7. The molecule has 1 atom stereocenters. The van der Waals surface area contributed by atoms with Crippen LogP contribution in [0.4, 0.5) is 13.2 Å². The summed E-state index contributed by atoms with van der Waals surface area (Å²) in [5.74, 6) is -3.39. The summed E-state index contributed by atoms with van der Waals surface area (Å²) in [5, 5.41) is 5.31. The minimum atomic E-state index is -3.08. The second-order valence-electron chi connectivity index (χ2n) is 10.8. The first-order valence-corrected chi connectivity index (χ1v) is 14.5. The molecule has 0 aliphatic heterocycles. The van der Waals surface area contributed by atoms with E-state index in [1.807, 2.05) is 73.8 Å². The van der Waals surface area contributed by atoms with Crippen molar-refractivity contribution < 1.29 is 17.6 Å². The number of nitrogens with one attached hydrogen (secondary N) is 2. The van der Waals surface area contributed by atoms with E-state index in [9.17, 15) is 4.39 Å². The van der Waals surface area contributed by atoms with Crippen molar-refractivity contribution in [1.29, 1.82) is 0 Å². The molecule has 3 aromatic carbocycles. The molecular weight excluding hydrogens is 489 g/mol. The third kappa shape index (κ3) is 6.00. The fourth-order valence-corrected chi connectivity index (χ4v) is 9.65. The summed E-state index contributed by atoms with van der Waals surface area (Å²) >= 11 is 0. The molecule has 7 heteroatoms. The first-order valence-electron chi connectivity index (χ1n) is 12.6. The second-order valence-corrected chi connectivity index (χ2v) is 15.1. The Morgan fingerprint density at radius 3 is 2.08 bits per heavy atom. The molecule has 0 fully saturated rings. The Hall–Kier alpha value is -2.87. The number of aromatic amines is 1. The van der Waals surface area contributed by atoms with Crippen LogP contribution in [0.15, 0.2) is 85.1 Å². The van der Waals surface area contributed by atoms with Crippen molar-refractivity contribution in [1.82, 2.24) is 10.3 Å². The number of fused-ring (bicyclic) bond motifs is 1. The molecule has 37 heavy (non-hydrogen) atoms. The van der Waals surface area contributed by atoms with E-state index < -0.39 is 27.4 Å². The maximum Gasteiger partial charge on any atom is 0.281 e. The zero-order valence-electron chi connectivity index (χ0n) is 21.8. The maximum absolute atomic E-state index is 15.3. The van der Waals surface area contributed by atoms with Crippen LogP contribution in [0.3, 0.4) is 0 Å². The Balaban J connectivity index is 1.49. The van der Waals surface area contributed by atoms with Gasteiger partial charge in [-0.05, 0) is 52.5 Å². The van der Waals surface area contributed by atoms with Crippen molar-refractivity contribution in [2.24, 2.45) is 0 Å². The lowest BCUT2D eigenvalue weighted by molar-refractivity contribution is -0.0433. The fourth-order valence-electron chi connectivity index (χ4n) is 5.07. The van der Waals surface area contributed by atoms with Crippen LogP contribution in [0.25, 0.3) is 10.9 Å². The van der Waals surface area contributed by atoms with E-state index in [0.29, 0.717) is 6.42 Å². The number of alkyl halides is 2. The van der Waals surface area contributed by atoms with Gasteiger partial charge in [0.05, 0.1) is 13.2 Å². The van der Waals surface area contributed by atoms with E-state index in [2.05, 4.69) is 31.1 Å². The predicted octanol–water partition coefficient (Wildman–Crippen LogP) is 6.04. The van der Waals surface area contributed by atoms with Gasteiger partial charge in [-0.1, -0.05) is 81.4 Å². The third-order valence-corrected chi connectivity index (χ3v) is 11.9. The molecule has 4 rings (SSSR count). The first kappa shape index (κ1) is 27.2. The van der Waals surface area contributed by atoms with Gasteiger partial charge in [-0.25, -0.2) is 13.2 Å². The second kappa shape index (κ2) is 10.9. The largest absolute Gasteiger partial charge is 0.401 e. The number of aromatic nitrogens is 1. The fraction of sp³-hybridized carbons (Fsp3) is 0.333. The predicted molar refractivity (Wildman–Crippen MR) is 148 cm³/mol. The van der Waals surface area contributed by atoms with Gasteiger partial charge in [0.1, 0.15) is 5.82 Å². The maximum atomic E-state index is 15.3. The number of hydrogen-bond acceptors (Lipinski definition) is 2. The highest BCUT2D eigenvalue weighted by Gasteiger charge is 2.51.